The van der Waals surface area contributed by atoms with E-state index in [1.165, 1.54) is 23.4 Å². The van der Waals surface area contributed by atoms with E-state index in [0.29, 0.717) is 28.3 Å². The fraction of sp³-hybridized carbons (Fsp3) is 0.261. The molecule has 1 amide bonds. The van der Waals surface area contributed by atoms with E-state index in [-0.39, 0.29) is 29.9 Å². The molecule has 10 heteroatoms. The van der Waals surface area contributed by atoms with Crippen LogP contribution in [0.3, 0.4) is 0 Å². The Morgan fingerprint density at radius 2 is 1.97 bits per heavy atom. The SMILES string of the molecule is CN(C(=O)C(C)(C)C)c1cnc(-c2cc(-c3ccon3)n(Cc3ccccc3F)n2)nc1N. The first-order valence-corrected chi connectivity index (χ1v) is 10.3. The minimum Gasteiger partial charge on any atom is -0.382 e. The Bertz CT molecular complexity index is 1290. The number of nitrogens with zero attached hydrogens (tertiary/aromatic N) is 6. The second-order valence-electron chi connectivity index (χ2n) is 8.63. The number of hydrogen-bond donors (Lipinski definition) is 1. The van der Waals surface area contributed by atoms with Gasteiger partial charge in [-0.25, -0.2) is 14.4 Å². The number of rotatable bonds is 5. The lowest BCUT2D eigenvalue weighted by Gasteiger charge is -2.26. The molecule has 1 aromatic carbocycles. The quantitative estimate of drug-likeness (QED) is 0.493. The summed E-state index contributed by atoms with van der Waals surface area (Å²) in [4.78, 5) is 22.8. The summed E-state index contributed by atoms with van der Waals surface area (Å²) in [5, 5.41) is 8.55. The number of carbonyl (C=O) groups excluding carboxylic acids is 1. The van der Waals surface area contributed by atoms with Crippen molar-refractivity contribution in [3.63, 3.8) is 0 Å². The van der Waals surface area contributed by atoms with Gasteiger partial charge < -0.3 is 15.2 Å². The van der Waals surface area contributed by atoms with Crippen LogP contribution in [0.4, 0.5) is 15.9 Å². The third kappa shape index (κ3) is 4.45. The van der Waals surface area contributed by atoms with Gasteiger partial charge in [0.2, 0.25) is 5.91 Å². The third-order valence-corrected chi connectivity index (χ3v) is 5.09. The fourth-order valence-electron chi connectivity index (χ4n) is 3.37. The number of carbonyl (C=O) groups is 1. The standard InChI is InChI=1S/C23H24FN7O2/c1-23(2,3)22(32)30(4)19-12-26-21(27-20(19)25)17-11-18(16-9-10-33-29-16)31(28-17)13-14-7-5-6-8-15(14)24/h5-12H,13H2,1-4H3,(H2,25,26,27). The van der Waals surface area contributed by atoms with Gasteiger partial charge in [0, 0.05) is 24.1 Å². The van der Waals surface area contributed by atoms with Gasteiger partial charge in [0.25, 0.3) is 0 Å². The van der Waals surface area contributed by atoms with Gasteiger partial charge in [-0.2, -0.15) is 5.10 Å². The zero-order valence-corrected chi connectivity index (χ0v) is 18.8. The predicted molar refractivity (Wildman–Crippen MR) is 122 cm³/mol. The molecule has 0 atom stereocenters. The van der Waals surface area contributed by atoms with E-state index in [9.17, 15) is 9.18 Å². The van der Waals surface area contributed by atoms with Gasteiger partial charge in [-0.15, -0.1) is 0 Å². The molecule has 0 unspecified atom stereocenters. The van der Waals surface area contributed by atoms with E-state index < -0.39 is 5.41 Å². The number of nitrogens with two attached hydrogens (primary N) is 1. The minimum absolute atomic E-state index is 0.118. The molecule has 0 spiro atoms. The molecule has 0 fully saturated rings. The first-order chi connectivity index (χ1) is 15.6. The lowest BCUT2D eigenvalue weighted by molar-refractivity contribution is -0.125. The Kier molecular flexibility index (Phi) is 5.67. The molecule has 0 radical (unpaired) electrons. The molecule has 2 N–H and O–H groups in total. The second-order valence-corrected chi connectivity index (χ2v) is 8.63. The molecule has 3 heterocycles. The van der Waals surface area contributed by atoms with E-state index in [4.69, 9.17) is 10.3 Å². The molecule has 9 nitrogen and oxygen atoms in total. The van der Waals surface area contributed by atoms with Crippen molar-refractivity contribution in [3.05, 3.63) is 60.2 Å². The fourth-order valence-corrected chi connectivity index (χ4v) is 3.37. The van der Waals surface area contributed by atoms with Gasteiger partial charge >= 0.3 is 0 Å². The minimum atomic E-state index is -0.585. The van der Waals surface area contributed by atoms with Gasteiger partial charge in [0.1, 0.15) is 29.2 Å². The Balaban J connectivity index is 1.72. The zero-order chi connectivity index (χ0) is 23.8. The highest BCUT2D eigenvalue weighted by Crippen LogP contribution is 2.29. The van der Waals surface area contributed by atoms with Crippen molar-refractivity contribution in [1.29, 1.82) is 0 Å². The largest absolute Gasteiger partial charge is 0.382 e. The lowest BCUT2D eigenvalue weighted by Crippen LogP contribution is -2.37. The number of hydrogen-bond acceptors (Lipinski definition) is 7. The summed E-state index contributed by atoms with van der Waals surface area (Å²) in [5.74, 6) is -0.0401. The van der Waals surface area contributed by atoms with E-state index in [2.05, 4.69) is 20.2 Å². The summed E-state index contributed by atoms with van der Waals surface area (Å²) in [6.07, 6.45) is 2.94. The number of aromatic nitrogens is 5. The summed E-state index contributed by atoms with van der Waals surface area (Å²) < 4.78 is 20.8. The molecule has 0 saturated heterocycles. The normalized spacial score (nSPS) is 11.5. The molecule has 0 aliphatic heterocycles. The monoisotopic (exact) mass is 449 g/mol. The van der Waals surface area contributed by atoms with Crippen molar-refractivity contribution >= 4 is 17.4 Å². The van der Waals surface area contributed by atoms with Crippen LogP contribution in [0, 0.1) is 11.2 Å². The molecular formula is C23H24FN7O2. The number of nitrogen functional groups attached to an aromatic ring is 1. The van der Waals surface area contributed by atoms with Crippen molar-refractivity contribution in [1.82, 2.24) is 24.9 Å². The third-order valence-electron chi connectivity index (χ3n) is 5.09. The van der Waals surface area contributed by atoms with Gasteiger partial charge in [0.15, 0.2) is 11.6 Å². The maximum atomic E-state index is 14.3. The molecule has 0 aliphatic carbocycles. The first kappa shape index (κ1) is 22.1. The molecular weight excluding hydrogens is 425 g/mol. The molecule has 33 heavy (non-hydrogen) atoms. The van der Waals surface area contributed by atoms with Crippen LogP contribution in [0.2, 0.25) is 0 Å². The second kappa shape index (κ2) is 8.45. The molecule has 4 aromatic rings. The summed E-state index contributed by atoms with van der Waals surface area (Å²) in [5.41, 5.74) is 8.01. The highest BCUT2D eigenvalue weighted by atomic mass is 19.1. The molecule has 0 aliphatic rings. The van der Waals surface area contributed by atoms with Crippen molar-refractivity contribution in [2.75, 3.05) is 17.7 Å². The Morgan fingerprint density at radius 1 is 1.21 bits per heavy atom. The van der Waals surface area contributed by atoms with Crippen LogP contribution in [-0.2, 0) is 11.3 Å². The average Bonchev–Trinajstić information content (AvgIpc) is 3.43. The van der Waals surface area contributed by atoms with Crippen LogP contribution in [-0.4, -0.2) is 37.9 Å². The van der Waals surface area contributed by atoms with E-state index in [0.717, 1.165) is 0 Å². The van der Waals surface area contributed by atoms with Crippen LogP contribution >= 0.6 is 0 Å². The predicted octanol–water partition coefficient (Wildman–Crippen LogP) is 3.77. The van der Waals surface area contributed by atoms with Gasteiger partial charge in [0.05, 0.1) is 18.4 Å². The van der Waals surface area contributed by atoms with E-state index >= 15 is 0 Å². The van der Waals surface area contributed by atoms with E-state index in [1.54, 1.807) is 42.1 Å². The van der Waals surface area contributed by atoms with Gasteiger partial charge in [-0.05, 0) is 12.1 Å². The smallest absolute Gasteiger partial charge is 0.232 e. The van der Waals surface area contributed by atoms with Gasteiger partial charge in [-0.1, -0.05) is 44.1 Å². The molecule has 3 aromatic heterocycles. The number of amides is 1. The average molecular weight is 449 g/mol. The van der Waals surface area contributed by atoms with Crippen LogP contribution in [0.15, 0.2) is 53.4 Å². The molecule has 0 saturated carbocycles. The number of halogens is 1. The van der Waals surface area contributed by atoms with Crippen molar-refractivity contribution in [2.45, 2.75) is 27.3 Å². The Labute approximate surface area is 190 Å². The van der Waals surface area contributed by atoms with Crippen molar-refractivity contribution in [3.8, 4) is 22.9 Å². The summed E-state index contributed by atoms with van der Waals surface area (Å²) >= 11 is 0. The summed E-state index contributed by atoms with van der Waals surface area (Å²) in [6, 6.07) is 9.89. The Morgan fingerprint density at radius 3 is 2.61 bits per heavy atom. The first-order valence-electron chi connectivity index (χ1n) is 10.3. The van der Waals surface area contributed by atoms with Crippen molar-refractivity contribution < 1.29 is 13.7 Å². The van der Waals surface area contributed by atoms with Crippen LogP contribution in [0.5, 0.6) is 0 Å². The van der Waals surface area contributed by atoms with E-state index in [1.807, 2.05) is 20.8 Å². The summed E-state index contributed by atoms with van der Waals surface area (Å²) in [7, 11) is 1.63. The number of benzene rings is 1. The molecule has 170 valence electrons. The lowest BCUT2D eigenvalue weighted by atomic mass is 9.95. The maximum absolute atomic E-state index is 14.3. The number of anilines is 2. The van der Waals surface area contributed by atoms with Crippen LogP contribution in [0.1, 0.15) is 26.3 Å². The van der Waals surface area contributed by atoms with Crippen LogP contribution < -0.4 is 10.6 Å². The highest BCUT2D eigenvalue weighted by molar-refractivity contribution is 5.98. The zero-order valence-electron chi connectivity index (χ0n) is 18.8. The topological polar surface area (TPSA) is 116 Å². The maximum Gasteiger partial charge on any atom is 0.232 e. The highest BCUT2D eigenvalue weighted by Gasteiger charge is 2.27. The molecule has 0 bridgehead atoms. The van der Waals surface area contributed by atoms with Gasteiger partial charge in [-0.3, -0.25) is 9.48 Å². The van der Waals surface area contributed by atoms with Crippen molar-refractivity contribution in [2.24, 2.45) is 5.41 Å². The van der Waals surface area contributed by atoms with Crippen LogP contribution in [0.25, 0.3) is 22.9 Å². The molecule has 4 rings (SSSR count). The summed E-state index contributed by atoms with van der Waals surface area (Å²) in [6.45, 7) is 5.64. The Hall–Kier alpha value is -4.08.